The van der Waals surface area contributed by atoms with Gasteiger partial charge >= 0.3 is 6.03 Å². The molecule has 0 bridgehead atoms. The maximum Gasteiger partial charge on any atom is 0.322 e. The molecule has 2 amide bonds. The fraction of sp³-hybridized carbons (Fsp3) is 0.350. The van der Waals surface area contributed by atoms with Gasteiger partial charge in [-0.05, 0) is 42.7 Å². The molecule has 0 aromatic heterocycles. The molecule has 2 aromatic carbocycles. The molecule has 1 aliphatic rings. The normalized spacial score (nSPS) is 16.5. The number of benzene rings is 2. The molecule has 1 atom stereocenters. The number of hydrogen-bond donors (Lipinski definition) is 1. The molecule has 138 valence electrons. The summed E-state index contributed by atoms with van der Waals surface area (Å²) in [5.41, 5.74) is 1.72. The number of carbonyl (C=O) groups is 1. The Bertz CT molecular complexity index is 753. The van der Waals surface area contributed by atoms with E-state index in [0.717, 1.165) is 24.9 Å². The van der Waals surface area contributed by atoms with E-state index in [0.29, 0.717) is 29.7 Å². The van der Waals surface area contributed by atoms with Crippen LogP contribution in [0.4, 0.5) is 10.5 Å². The maximum atomic E-state index is 12.9. The van der Waals surface area contributed by atoms with Crippen LogP contribution in [0.3, 0.4) is 0 Å². The van der Waals surface area contributed by atoms with Crippen LogP contribution in [0.2, 0.25) is 5.02 Å². The highest BCUT2D eigenvalue weighted by Crippen LogP contribution is 2.34. The molecule has 3 rings (SSSR count). The van der Waals surface area contributed by atoms with Crippen LogP contribution in [-0.2, 0) is 4.74 Å². The van der Waals surface area contributed by atoms with Gasteiger partial charge < -0.3 is 19.7 Å². The van der Waals surface area contributed by atoms with Gasteiger partial charge in [-0.25, -0.2) is 4.79 Å². The van der Waals surface area contributed by atoms with Crippen molar-refractivity contribution in [2.75, 3.05) is 32.2 Å². The van der Waals surface area contributed by atoms with Crippen molar-refractivity contribution < 1.29 is 14.3 Å². The van der Waals surface area contributed by atoms with Crippen LogP contribution in [0.5, 0.6) is 5.75 Å². The minimum absolute atomic E-state index is 0.0373. The summed E-state index contributed by atoms with van der Waals surface area (Å²) in [5.74, 6) is 0.636. The molecule has 0 saturated carbocycles. The van der Waals surface area contributed by atoms with Crippen molar-refractivity contribution >= 4 is 23.3 Å². The van der Waals surface area contributed by atoms with Crippen molar-refractivity contribution in [3.8, 4) is 5.75 Å². The van der Waals surface area contributed by atoms with Gasteiger partial charge in [-0.1, -0.05) is 35.9 Å². The van der Waals surface area contributed by atoms with Crippen molar-refractivity contribution in [1.29, 1.82) is 0 Å². The first-order valence-corrected chi connectivity index (χ1v) is 9.10. The highest BCUT2D eigenvalue weighted by atomic mass is 35.5. The minimum Gasteiger partial charge on any atom is -0.489 e. The third-order valence-corrected chi connectivity index (χ3v) is 4.66. The largest absolute Gasteiger partial charge is 0.489 e. The predicted molar refractivity (Wildman–Crippen MR) is 103 cm³/mol. The molecule has 1 saturated heterocycles. The number of anilines is 1. The Kier molecular flexibility index (Phi) is 6.36. The highest BCUT2D eigenvalue weighted by Gasteiger charge is 2.30. The van der Waals surface area contributed by atoms with Gasteiger partial charge in [0.05, 0.1) is 18.3 Å². The number of para-hydroxylation sites is 2. The zero-order valence-electron chi connectivity index (χ0n) is 14.8. The number of carbonyl (C=O) groups excluding carboxylic acids is 1. The van der Waals surface area contributed by atoms with Crippen LogP contribution < -0.4 is 10.1 Å². The molecule has 6 heteroatoms. The van der Waals surface area contributed by atoms with Crippen LogP contribution in [0.15, 0.2) is 48.5 Å². The van der Waals surface area contributed by atoms with Crippen molar-refractivity contribution in [2.45, 2.75) is 18.9 Å². The average molecular weight is 375 g/mol. The number of methoxy groups -OCH3 is 1. The molecule has 0 aliphatic carbocycles. The van der Waals surface area contributed by atoms with Crippen molar-refractivity contribution in [1.82, 2.24) is 4.90 Å². The number of nitrogens with one attached hydrogen (secondary N) is 1. The van der Waals surface area contributed by atoms with E-state index < -0.39 is 0 Å². The Morgan fingerprint density at radius 1 is 1.23 bits per heavy atom. The molecular formula is C20H23ClN2O3. The van der Waals surface area contributed by atoms with Crippen LogP contribution in [0.25, 0.3) is 0 Å². The summed E-state index contributed by atoms with van der Waals surface area (Å²) >= 11 is 6.12. The summed E-state index contributed by atoms with van der Waals surface area (Å²) in [7, 11) is 1.63. The van der Waals surface area contributed by atoms with Gasteiger partial charge in [-0.2, -0.15) is 0 Å². The molecule has 1 aliphatic heterocycles. The Morgan fingerprint density at radius 3 is 2.88 bits per heavy atom. The standard InChI is InChI=1S/C20H23ClN2O3/c1-25-12-13-26-19-10-3-2-8-17(19)22-20(24)23-11-5-9-18(23)15-6-4-7-16(21)14-15/h2-4,6-8,10,14,18H,5,9,11-13H2,1H3,(H,22,24). The first kappa shape index (κ1) is 18.5. The summed E-state index contributed by atoms with van der Waals surface area (Å²) in [5, 5.41) is 3.67. The Labute approximate surface area is 158 Å². The molecule has 1 fully saturated rings. The first-order valence-electron chi connectivity index (χ1n) is 8.73. The summed E-state index contributed by atoms with van der Waals surface area (Å²) in [6.07, 6.45) is 1.90. The Hall–Kier alpha value is -2.24. The summed E-state index contributed by atoms with van der Waals surface area (Å²) in [6, 6.07) is 15.0. The second kappa shape index (κ2) is 8.92. The first-order chi connectivity index (χ1) is 12.7. The second-order valence-corrected chi connectivity index (χ2v) is 6.61. The maximum absolute atomic E-state index is 12.9. The zero-order valence-corrected chi connectivity index (χ0v) is 15.5. The third kappa shape index (κ3) is 4.48. The lowest BCUT2D eigenvalue weighted by Gasteiger charge is -2.26. The quantitative estimate of drug-likeness (QED) is 0.743. The van der Waals surface area contributed by atoms with Gasteiger partial charge in [-0.3, -0.25) is 0 Å². The van der Waals surface area contributed by atoms with Crippen molar-refractivity contribution in [3.05, 3.63) is 59.1 Å². The fourth-order valence-corrected chi connectivity index (χ4v) is 3.39. The number of halogens is 1. The number of ether oxygens (including phenoxy) is 2. The Balaban J connectivity index is 1.71. The van der Waals surface area contributed by atoms with E-state index in [2.05, 4.69) is 5.32 Å². The third-order valence-electron chi connectivity index (χ3n) is 4.42. The van der Waals surface area contributed by atoms with Gasteiger partial charge in [0.25, 0.3) is 0 Å². The number of hydrogen-bond acceptors (Lipinski definition) is 3. The number of rotatable bonds is 6. The van der Waals surface area contributed by atoms with Crippen LogP contribution in [0.1, 0.15) is 24.4 Å². The van der Waals surface area contributed by atoms with E-state index in [4.69, 9.17) is 21.1 Å². The van der Waals surface area contributed by atoms with E-state index in [1.54, 1.807) is 7.11 Å². The molecule has 1 heterocycles. The number of amides is 2. The summed E-state index contributed by atoms with van der Waals surface area (Å²) in [6.45, 7) is 1.64. The zero-order chi connectivity index (χ0) is 18.4. The van der Waals surface area contributed by atoms with E-state index in [1.807, 2.05) is 53.4 Å². The number of urea groups is 1. The van der Waals surface area contributed by atoms with E-state index in [9.17, 15) is 4.79 Å². The van der Waals surface area contributed by atoms with E-state index >= 15 is 0 Å². The number of nitrogens with zero attached hydrogens (tertiary/aromatic N) is 1. The summed E-state index contributed by atoms with van der Waals surface area (Å²) in [4.78, 5) is 14.7. The Morgan fingerprint density at radius 2 is 2.08 bits per heavy atom. The smallest absolute Gasteiger partial charge is 0.322 e. The second-order valence-electron chi connectivity index (χ2n) is 6.17. The molecule has 5 nitrogen and oxygen atoms in total. The van der Waals surface area contributed by atoms with Gasteiger partial charge in [0.2, 0.25) is 0 Å². The molecule has 0 radical (unpaired) electrons. The molecule has 2 aromatic rings. The predicted octanol–water partition coefficient (Wildman–Crippen LogP) is 4.73. The SMILES string of the molecule is COCCOc1ccccc1NC(=O)N1CCCC1c1cccc(Cl)c1. The van der Waals surface area contributed by atoms with E-state index in [-0.39, 0.29) is 12.1 Å². The lowest BCUT2D eigenvalue weighted by atomic mass is 10.1. The van der Waals surface area contributed by atoms with Gasteiger partial charge in [-0.15, -0.1) is 0 Å². The van der Waals surface area contributed by atoms with E-state index in [1.165, 1.54) is 0 Å². The summed E-state index contributed by atoms with van der Waals surface area (Å²) < 4.78 is 10.7. The van der Waals surface area contributed by atoms with Crippen LogP contribution >= 0.6 is 11.6 Å². The lowest BCUT2D eigenvalue weighted by molar-refractivity contribution is 0.146. The van der Waals surface area contributed by atoms with Crippen molar-refractivity contribution in [3.63, 3.8) is 0 Å². The topological polar surface area (TPSA) is 50.8 Å². The molecule has 26 heavy (non-hydrogen) atoms. The van der Waals surface area contributed by atoms with Gasteiger partial charge in [0, 0.05) is 18.7 Å². The van der Waals surface area contributed by atoms with Crippen LogP contribution in [0, 0.1) is 0 Å². The lowest BCUT2D eigenvalue weighted by Crippen LogP contribution is -2.34. The van der Waals surface area contributed by atoms with Crippen molar-refractivity contribution in [2.24, 2.45) is 0 Å². The monoisotopic (exact) mass is 374 g/mol. The molecule has 1 N–H and O–H groups in total. The van der Waals surface area contributed by atoms with Gasteiger partial charge in [0.1, 0.15) is 12.4 Å². The average Bonchev–Trinajstić information content (AvgIpc) is 3.13. The van der Waals surface area contributed by atoms with Crippen LogP contribution in [-0.4, -0.2) is 37.8 Å². The molecular weight excluding hydrogens is 352 g/mol. The molecule has 0 spiro atoms. The fourth-order valence-electron chi connectivity index (χ4n) is 3.19. The molecule has 1 unspecified atom stereocenters. The number of likely N-dealkylation sites (tertiary alicyclic amines) is 1. The minimum atomic E-state index is -0.129. The van der Waals surface area contributed by atoms with Gasteiger partial charge in [0.15, 0.2) is 0 Å². The highest BCUT2D eigenvalue weighted by molar-refractivity contribution is 6.30.